The second kappa shape index (κ2) is 15.5. The monoisotopic (exact) mass is 581 g/mol. The van der Waals surface area contributed by atoms with Crippen LogP contribution in [0.1, 0.15) is 43.1 Å². The first-order valence-corrected chi connectivity index (χ1v) is 13.9. The van der Waals surface area contributed by atoms with Crippen molar-refractivity contribution in [1.82, 2.24) is 26.6 Å². The summed E-state index contributed by atoms with van der Waals surface area (Å²) < 4.78 is 5.85. The van der Waals surface area contributed by atoms with Gasteiger partial charge >= 0.3 is 0 Å². The van der Waals surface area contributed by atoms with Gasteiger partial charge in [0.25, 0.3) is 5.91 Å². The molecule has 226 valence electrons. The highest BCUT2D eigenvalue weighted by atomic mass is 16.5. The maximum Gasteiger partial charge on any atom is 0.255 e. The summed E-state index contributed by atoms with van der Waals surface area (Å²) >= 11 is 0. The van der Waals surface area contributed by atoms with Crippen LogP contribution >= 0.6 is 0 Å². The smallest absolute Gasteiger partial charge is 0.255 e. The van der Waals surface area contributed by atoms with Crippen molar-refractivity contribution < 1.29 is 33.8 Å². The molecule has 12 heteroatoms. The highest BCUT2D eigenvalue weighted by Gasteiger charge is 2.31. The van der Waals surface area contributed by atoms with Crippen molar-refractivity contribution in [2.24, 2.45) is 5.92 Å². The molecule has 1 aliphatic rings. The number of aliphatic hydroxyl groups is 1. The van der Waals surface area contributed by atoms with Crippen molar-refractivity contribution in [2.75, 3.05) is 19.8 Å². The maximum absolute atomic E-state index is 13.3. The van der Waals surface area contributed by atoms with Crippen LogP contribution in [-0.2, 0) is 25.6 Å². The summed E-state index contributed by atoms with van der Waals surface area (Å²) in [7, 11) is 0. The predicted molar refractivity (Wildman–Crippen MR) is 154 cm³/mol. The topological polar surface area (TPSA) is 175 Å². The number of aliphatic hydroxyl groups excluding tert-OH is 1. The average molecular weight is 582 g/mol. The summed E-state index contributed by atoms with van der Waals surface area (Å²) in [5.74, 6) is -3.35. The fourth-order valence-corrected chi connectivity index (χ4v) is 4.33. The van der Waals surface area contributed by atoms with Crippen molar-refractivity contribution in [3.05, 3.63) is 65.7 Å². The Morgan fingerprint density at radius 2 is 1.64 bits per heavy atom. The van der Waals surface area contributed by atoms with Crippen LogP contribution < -0.4 is 31.3 Å². The lowest BCUT2D eigenvalue weighted by Crippen LogP contribution is -2.58. The van der Waals surface area contributed by atoms with Crippen LogP contribution in [-0.4, -0.2) is 78.6 Å². The molecule has 6 N–H and O–H groups in total. The summed E-state index contributed by atoms with van der Waals surface area (Å²) in [5.41, 5.74) is 1.13. The molecule has 0 unspecified atom stereocenters. The largest absolute Gasteiger partial charge is 0.491 e. The molecule has 0 radical (unpaired) electrons. The average Bonchev–Trinajstić information content (AvgIpc) is 2.97. The molecule has 0 fully saturated rings. The highest BCUT2D eigenvalue weighted by Crippen LogP contribution is 2.19. The molecular weight excluding hydrogens is 542 g/mol. The molecule has 0 aromatic heterocycles. The molecule has 2 aromatic rings. The van der Waals surface area contributed by atoms with E-state index >= 15 is 0 Å². The van der Waals surface area contributed by atoms with Gasteiger partial charge in [-0.2, -0.15) is 0 Å². The van der Waals surface area contributed by atoms with Gasteiger partial charge in [0.2, 0.25) is 23.6 Å². The number of para-hydroxylation sites is 1. The molecule has 0 bridgehead atoms. The van der Waals surface area contributed by atoms with Gasteiger partial charge in [-0.3, -0.25) is 24.0 Å². The van der Waals surface area contributed by atoms with E-state index in [4.69, 9.17) is 4.74 Å². The third kappa shape index (κ3) is 9.30. The van der Waals surface area contributed by atoms with Gasteiger partial charge in [-0.15, -0.1) is 0 Å². The minimum atomic E-state index is -1.39. The van der Waals surface area contributed by atoms with E-state index in [2.05, 4.69) is 26.6 Å². The summed E-state index contributed by atoms with van der Waals surface area (Å²) in [5, 5.41) is 23.0. The van der Waals surface area contributed by atoms with Crippen LogP contribution in [0, 0.1) is 5.92 Å². The summed E-state index contributed by atoms with van der Waals surface area (Å²) in [6, 6.07) is 11.8. The Balaban J connectivity index is 1.87. The molecule has 0 saturated carbocycles. The standard InChI is InChI=1S/C30H39N5O7/c1-18(2)26-30(41)32-19(3)17-42-24-12-8-7-11-21(24)27(38)34-22(15-25(37)33-23(16-36)29(40)35-26)28(39)31-14-13-20-9-5-4-6-10-20/h4-12,18-19,22-23,26,36H,13-17H2,1-3H3,(H,31,39)(H,32,41)(H,33,37)(H,34,38)(H,35,40)/t19-,22-,23-,26+/m0/s1. The SMILES string of the molecule is CC(C)[C@H]1NC(=O)[C@H](CO)NC(=O)C[C@@H](C(=O)NCCc2ccccc2)NC(=O)c2ccccc2OC[C@H](C)NC1=O. The third-order valence-electron chi connectivity index (χ3n) is 6.66. The van der Waals surface area contributed by atoms with E-state index in [1.54, 1.807) is 39.0 Å². The Kier molecular flexibility index (Phi) is 11.9. The van der Waals surface area contributed by atoms with Crippen molar-refractivity contribution >= 4 is 29.5 Å². The molecule has 12 nitrogen and oxygen atoms in total. The number of amides is 5. The normalized spacial score (nSPS) is 22.4. The Hall–Kier alpha value is -4.45. The van der Waals surface area contributed by atoms with Gasteiger partial charge in [0, 0.05) is 6.54 Å². The van der Waals surface area contributed by atoms with Gasteiger partial charge in [0.15, 0.2) is 0 Å². The number of nitrogens with one attached hydrogen (secondary N) is 5. The van der Waals surface area contributed by atoms with Crippen LogP contribution in [0.15, 0.2) is 54.6 Å². The number of fused-ring (bicyclic) bond motifs is 1. The number of ether oxygens (including phenoxy) is 1. The quantitative estimate of drug-likeness (QED) is 0.279. The molecule has 42 heavy (non-hydrogen) atoms. The van der Waals surface area contributed by atoms with Crippen LogP contribution in [0.4, 0.5) is 0 Å². The third-order valence-corrected chi connectivity index (χ3v) is 6.66. The number of hydrogen-bond acceptors (Lipinski definition) is 7. The molecular formula is C30H39N5O7. The van der Waals surface area contributed by atoms with Gasteiger partial charge in [-0.25, -0.2) is 0 Å². The van der Waals surface area contributed by atoms with Gasteiger partial charge in [0.05, 0.1) is 24.6 Å². The zero-order chi connectivity index (χ0) is 30.6. The second-order valence-electron chi connectivity index (χ2n) is 10.5. The van der Waals surface area contributed by atoms with E-state index in [1.807, 2.05) is 30.3 Å². The molecule has 2 aromatic carbocycles. The minimum Gasteiger partial charge on any atom is -0.491 e. The van der Waals surface area contributed by atoms with E-state index in [9.17, 15) is 29.1 Å². The van der Waals surface area contributed by atoms with Gasteiger partial charge in [0.1, 0.15) is 30.5 Å². The van der Waals surface area contributed by atoms with Crippen LogP contribution in [0.5, 0.6) is 5.75 Å². The molecule has 0 aliphatic carbocycles. The van der Waals surface area contributed by atoms with Crippen molar-refractivity contribution in [1.29, 1.82) is 0 Å². The minimum absolute atomic E-state index is 0.0114. The van der Waals surface area contributed by atoms with E-state index in [1.165, 1.54) is 6.07 Å². The van der Waals surface area contributed by atoms with Gasteiger partial charge < -0.3 is 36.4 Å². The zero-order valence-corrected chi connectivity index (χ0v) is 24.0. The maximum atomic E-state index is 13.3. The zero-order valence-electron chi connectivity index (χ0n) is 24.0. The van der Waals surface area contributed by atoms with Crippen molar-refractivity contribution in [3.8, 4) is 5.75 Å². The Morgan fingerprint density at radius 1 is 0.952 bits per heavy atom. The van der Waals surface area contributed by atoms with Gasteiger partial charge in [-0.05, 0) is 37.0 Å². The summed E-state index contributed by atoms with van der Waals surface area (Å²) in [6.07, 6.45) is 0.0195. The first-order valence-electron chi connectivity index (χ1n) is 13.9. The predicted octanol–water partition coefficient (Wildman–Crippen LogP) is 0.0490. The van der Waals surface area contributed by atoms with Gasteiger partial charge in [-0.1, -0.05) is 56.3 Å². The van der Waals surface area contributed by atoms with Crippen LogP contribution in [0.25, 0.3) is 0 Å². The Bertz CT molecular complexity index is 1250. The molecule has 3 rings (SSSR count). The molecule has 5 amide bonds. The lowest BCUT2D eigenvalue weighted by molar-refractivity contribution is -0.134. The Labute approximate surface area is 245 Å². The lowest BCUT2D eigenvalue weighted by Gasteiger charge is -2.26. The molecule has 4 atom stereocenters. The fourth-order valence-electron chi connectivity index (χ4n) is 4.33. The van der Waals surface area contributed by atoms with E-state index in [0.717, 1.165) is 5.56 Å². The Morgan fingerprint density at radius 3 is 2.33 bits per heavy atom. The molecule has 0 spiro atoms. The molecule has 1 heterocycles. The van der Waals surface area contributed by atoms with E-state index in [0.29, 0.717) is 6.42 Å². The second-order valence-corrected chi connectivity index (χ2v) is 10.5. The van der Waals surface area contributed by atoms with Crippen LogP contribution in [0.2, 0.25) is 0 Å². The van der Waals surface area contributed by atoms with Crippen LogP contribution in [0.3, 0.4) is 0 Å². The number of hydrogen-bond donors (Lipinski definition) is 6. The first-order chi connectivity index (χ1) is 20.1. The number of carbonyl (C=O) groups excluding carboxylic acids is 5. The van der Waals surface area contributed by atoms with Crippen molar-refractivity contribution in [2.45, 2.75) is 57.8 Å². The lowest BCUT2D eigenvalue weighted by atomic mass is 10.0. The first kappa shape index (κ1) is 32.1. The summed E-state index contributed by atoms with van der Waals surface area (Å²) in [6.45, 7) is 4.72. The highest BCUT2D eigenvalue weighted by molar-refractivity contribution is 6.01. The molecule has 1 aliphatic heterocycles. The number of benzene rings is 2. The molecule has 0 saturated heterocycles. The fraction of sp³-hybridized carbons (Fsp3) is 0.433. The van der Waals surface area contributed by atoms with E-state index < -0.39 is 66.7 Å². The van der Waals surface area contributed by atoms with E-state index in [-0.39, 0.29) is 30.4 Å². The number of carbonyl (C=O) groups is 5. The van der Waals surface area contributed by atoms with Crippen molar-refractivity contribution in [3.63, 3.8) is 0 Å². The summed E-state index contributed by atoms with van der Waals surface area (Å²) in [4.78, 5) is 65.4. The number of rotatable bonds is 6.